The molecule has 2 rings (SSSR count). The molecule has 0 radical (unpaired) electrons. The maximum absolute atomic E-state index is 13.0. The molecule has 0 aromatic heterocycles. The highest BCUT2D eigenvalue weighted by Crippen LogP contribution is 2.27. The number of halogens is 3. The van der Waals surface area contributed by atoms with Crippen LogP contribution in [-0.4, -0.2) is 21.0 Å². The Labute approximate surface area is 139 Å². The first-order chi connectivity index (χ1) is 9.44. The van der Waals surface area contributed by atoms with Crippen molar-refractivity contribution in [3.05, 3.63) is 28.5 Å². The van der Waals surface area contributed by atoms with Gasteiger partial charge >= 0.3 is 0 Å². The Morgan fingerprint density at radius 2 is 2.00 bits per heavy atom. The summed E-state index contributed by atoms with van der Waals surface area (Å²) in [6.45, 7) is 0.470. The summed E-state index contributed by atoms with van der Waals surface area (Å²) in [6.07, 6.45) is 3.81. The first kappa shape index (κ1) is 18.8. The Morgan fingerprint density at radius 1 is 1.33 bits per heavy atom. The second-order valence-corrected chi connectivity index (χ2v) is 7.62. The second kappa shape index (κ2) is 7.87. The lowest BCUT2D eigenvalue weighted by Gasteiger charge is -2.31. The van der Waals surface area contributed by atoms with Crippen molar-refractivity contribution >= 4 is 38.4 Å². The summed E-state index contributed by atoms with van der Waals surface area (Å²) >= 11 is 3.10. The van der Waals surface area contributed by atoms with Gasteiger partial charge in [-0.25, -0.2) is 17.5 Å². The Kier molecular flexibility index (Phi) is 7.06. The van der Waals surface area contributed by atoms with E-state index in [4.69, 9.17) is 5.73 Å². The van der Waals surface area contributed by atoms with Crippen LogP contribution in [0.1, 0.15) is 25.7 Å². The molecule has 3 N–H and O–H groups in total. The topological polar surface area (TPSA) is 72.2 Å². The first-order valence-electron chi connectivity index (χ1n) is 6.61. The van der Waals surface area contributed by atoms with E-state index >= 15 is 0 Å². The Bertz CT molecular complexity index is 586. The monoisotopic (exact) mass is 400 g/mol. The van der Waals surface area contributed by atoms with E-state index in [1.165, 1.54) is 6.07 Å². The molecule has 1 aromatic rings. The van der Waals surface area contributed by atoms with Gasteiger partial charge in [0.05, 0.1) is 4.90 Å². The Hall–Kier alpha value is -0.210. The van der Waals surface area contributed by atoms with Crippen molar-refractivity contribution in [1.29, 1.82) is 0 Å². The molecular formula is C13H19BrClFN2O2S. The van der Waals surface area contributed by atoms with Gasteiger partial charge in [-0.2, -0.15) is 0 Å². The van der Waals surface area contributed by atoms with E-state index in [2.05, 4.69) is 20.7 Å². The molecule has 1 aliphatic carbocycles. The molecule has 1 fully saturated rings. The standard InChI is InChI=1S/C13H18BrFN2O2S.ClH/c14-11-7-10(15)5-6-13(11)20(18,19)17-12-4-2-1-3-9(12)8-16;/h5-7,9,12,17H,1-4,8,16H2;1H. The first-order valence-corrected chi connectivity index (χ1v) is 8.89. The third kappa shape index (κ3) is 4.63. The summed E-state index contributed by atoms with van der Waals surface area (Å²) in [6, 6.07) is 3.41. The molecule has 0 saturated heterocycles. The second-order valence-electron chi connectivity index (χ2n) is 5.08. The summed E-state index contributed by atoms with van der Waals surface area (Å²) in [4.78, 5) is 0.0558. The Morgan fingerprint density at radius 3 is 2.62 bits per heavy atom. The van der Waals surface area contributed by atoms with Gasteiger partial charge in [-0.15, -0.1) is 12.4 Å². The third-order valence-corrected chi connectivity index (χ3v) is 6.17. The largest absolute Gasteiger partial charge is 0.330 e. The average molecular weight is 402 g/mol. The number of rotatable bonds is 4. The van der Waals surface area contributed by atoms with Crippen molar-refractivity contribution in [2.75, 3.05) is 6.54 Å². The molecule has 0 aliphatic heterocycles. The molecule has 120 valence electrons. The van der Waals surface area contributed by atoms with Crippen molar-refractivity contribution in [2.45, 2.75) is 36.6 Å². The van der Waals surface area contributed by atoms with E-state index < -0.39 is 15.8 Å². The minimum atomic E-state index is -3.67. The van der Waals surface area contributed by atoms with Crippen molar-refractivity contribution in [3.63, 3.8) is 0 Å². The lowest BCUT2D eigenvalue weighted by atomic mass is 9.85. The van der Waals surface area contributed by atoms with E-state index in [9.17, 15) is 12.8 Å². The SMILES string of the molecule is Cl.NCC1CCCCC1NS(=O)(=O)c1ccc(F)cc1Br. The summed E-state index contributed by atoms with van der Waals surface area (Å²) in [5, 5.41) is 0. The summed E-state index contributed by atoms with van der Waals surface area (Å²) in [7, 11) is -3.67. The molecule has 2 atom stereocenters. The average Bonchev–Trinajstić information content (AvgIpc) is 2.38. The smallest absolute Gasteiger partial charge is 0.241 e. The van der Waals surface area contributed by atoms with Crippen LogP contribution in [0.4, 0.5) is 4.39 Å². The van der Waals surface area contributed by atoms with Crippen LogP contribution in [-0.2, 0) is 10.0 Å². The normalized spacial score (nSPS) is 22.6. The number of nitrogens with two attached hydrogens (primary N) is 1. The zero-order valence-electron chi connectivity index (χ0n) is 11.4. The lowest BCUT2D eigenvalue weighted by molar-refractivity contribution is 0.296. The van der Waals surface area contributed by atoms with Crippen molar-refractivity contribution in [2.24, 2.45) is 11.7 Å². The number of sulfonamides is 1. The van der Waals surface area contributed by atoms with Gasteiger partial charge in [-0.3, -0.25) is 0 Å². The van der Waals surface area contributed by atoms with Gasteiger partial charge in [0.1, 0.15) is 5.82 Å². The van der Waals surface area contributed by atoms with Crippen molar-refractivity contribution < 1.29 is 12.8 Å². The van der Waals surface area contributed by atoms with Crippen LogP contribution in [0.3, 0.4) is 0 Å². The van der Waals surface area contributed by atoms with Crippen LogP contribution in [0.5, 0.6) is 0 Å². The molecule has 21 heavy (non-hydrogen) atoms. The molecule has 0 bridgehead atoms. The fourth-order valence-corrected chi connectivity index (χ4v) is 4.99. The summed E-state index contributed by atoms with van der Waals surface area (Å²) in [5.74, 6) is -0.314. The highest BCUT2D eigenvalue weighted by molar-refractivity contribution is 9.10. The van der Waals surface area contributed by atoms with Crippen LogP contribution < -0.4 is 10.5 Å². The molecule has 4 nitrogen and oxygen atoms in total. The molecule has 0 heterocycles. The number of hydrogen-bond donors (Lipinski definition) is 2. The highest BCUT2D eigenvalue weighted by atomic mass is 79.9. The van der Waals surface area contributed by atoms with Gasteiger partial charge in [-0.1, -0.05) is 12.8 Å². The van der Waals surface area contributed by atoms with Crippen LogP contribution in [0, 0.1) is 11.7 Å². The molecule has 8 heteroatoms. The van der Waals surface area contributed by atoms with E-state index in [1.54, 1.807) is 0 Å². The van der Waals surface area contributed by atoms with Crippen molar-refractivity contribution in [3.8, 4) is 0 Å². The maximum Gasteiger partial charge on any atom is 0.241 e. The lowest BCUT2D eigenvalue weighted by Crippen LogP contribution is -2.44. The van der Waals surface area contributed by atoms with Crippen molar-refractivity contribution in [1.82, 2.24) is 4.72 Å². The molecular weight excluding hydrogens is 383 g/mol. The zero-order valence-corrected chi connectivity index (χ0v) is 14.6. The Balaban J connectivity index is 0.00000220. The molecule has 0 amide bonds. The van der Waals surface area contributed by atoms with E-state index in [-0.39, 0.29) is 33.7 Å². The number of benzene rings is 1. The van der Waals surface area contributed by atoms with Gasteiger partial charge in [0.2, 0.25) is 10.0 Å². The summed E-state index contributed by atoms with van der Waals surface area (Å²) in [5.41, 5.74) is 5.71. The van der Waals surface area contributed by atoms with E-state index in [0.29, 0.717) is 6.54 Å². The van der Waals surface area contributed by atoms with Gasteiger partial charge in [-0.05, 0) is 59.4 Å². The highest BCUT2D eigenvalue weighted by Gasteiger charge is 2.29. The fourth-order valence-electron chi connectivity index (χ4n) is 2.60. The number of nitrogens with one attached hydrogen (secondary N) is 1. The van der Waals surface area contributed by atoms with Gasteiger partial charge in [0.25, 0.3) is 0 Å². The van der Waals surface area contributed by atoms with E-state index in [0.717, 1.165) is 37.8 Å². The van der Waals surface area contributed by atoms with Gasteiger partial charge in [0.15, 0.2) is 0 Å². The van der Waals surface area contributed by atoms with Gasteiger partial charge in [0, 0.05) is 10.5 Å². The predicted octanol–water partition coefficient (Wildman–Crippen LogP) is 2.81. The van der Waals surface area contributed by atoms with E-state index in [1.807, 2.05) is 0 Å². The molecule has 0 spiro atoms. The minimum absolute atomic E-state index is 0. The molecule has 1 saturated carbocycles. The van der Waals surface area contributed by atoms with Gasteiger partial charge < -0.3 is 5.73 Å². The van der Waals surface area contributed by atoms with Crippen LogP contribution in [0.25, 0.3) is 0 Å². The summed E-state index contributed by atoms with van der Waals surface area (Å²) < 4.78 is 40.8. The molecule has 1 aromatic carbocycles. The van der Waals surface area contributed by atoms with Crippen LogP contribution in [0.15, 0.2) is 27.6 Å². The number of hydrogen-bond acceptors (Lipinski definition) is 3. The molecule has 1 aliphatic rings. The minimum Gasteiger partial charge on any atom is -0.330 e. The van der Waals surface area contributed by atoms with Crippen LogP contribution in [0.2, 0.25) is 0 Å². The van der Waals surface area contributed by atoms with Crippen LogP contribution >= 0.6 is 28.3 Å². The fraction of sp³-hybridized carbons (Fsp3) is 0.538. The third-order valence-electron chi connectivity index (χ3n) is 3.70. The zero-order chi connectivity index (χ0) is 14.8. The predicted molar refractivity (Wildman–Crippen MR) is 86.5 cm³/mol. The maximum atomic E-state index is 13.0. The quantitative estimate of drug-likeness (QED) is 0.815. The molecule has 2 unspecified atom stereocenters.